The molecule has 1 aromatic heterocycles. The van der Waals surface area contributed by atoms with Crippen LogP contribution in [0.25, 0.3) is 0 Å². The highest BCUT2D eigenvalue weighted by Gasteiger charge is 2.06. The fraction of sp³-hybridized carbons (Fsp3) is 0.235. The van der Waals surface area contributed by atoms with Crippen LogP contribution in [0.15, 0.2) is 48.7 Å². The van der Waals surface area contributed by atoms with Crippen molar-refractivity contribution in [1.29, 1.82) is 0 Å². The van der Waals surface area contributed by atoms with E-state index in [-0.39, 0.29) is 11.8 Å². The van der Waals surface area contributed by atoms with Gasteiger partial charge in [0.1, 0.15) is 11.4 Å². The average molecular weight is 313 g/mol. The minimum absolute atomic E-state index is 0.149. The topological polar surface area (TPSA) is 80.3 Å². The van der Waals surface area contributed by atoms with Crippen LogP contribution in [0.5, 0.6) is 5.75 Å². The number of hydrogen-bond acceptors (Lipinski definition) is 4. The van der Waals surface area contributed by atoms with E-state index in [4.69, 9.17) is 4.74 Å². The van der Waals surface area contributed by atoms with Crippen molar-refractivity contribution in [2.45, 2.75) is 6.42 Å². The summed E-state index contributed by atoms with van der Waals surface area (Å²) in [4.78, 5) is 27.6. The fourth-order valence-corrected chi connectivity index (χ4v) is 1.92. The fourth-order valence-electron chi connectivity index (χ4n) is 1.92. The Morgan fingerprint density at radius 2 is 1.70 bits per heavy atom. The lowest BCUT2D eigenvalue weighted by molar-refractivity contribution is 0.0948. The normalized spacial score (nSPS) is 9.96. The van der Waals surface area contributed by atoms with Crippen LogP contribution in [-0.2, 0) is 0 Å². The summed E-state index contributed by atoms with van der Waals surface area (Å²) in [7, 11) is 1.58. The van der Waals surface area contributed by atoms with Crippen molar-refractivity contribution < 1.29 is 14.3 Å². The van der Waals surface area contributed by atoms with E-state index in [0.717, 1.165) is 0 Å². The largest absolute Gasteiger partial charge is 0.497 e. The molecule has 1 heterocycles. The summed E-state index contributed by atoms with van der Waals surface area (Å²) in [5.41, 5.74) is 0.957. The van der Waals surface area contributed by atoms with Crippen molar-refractivity contribution in [3.63, 3.8) is 0 Å². The summed E-state index contributed by atoms with van der Waals surface area (Å²) < 4.78 is 5.04. The molecule has 6 nitrogen and oxygen atoms in total. The van der Waals surface area contributed by atoms with Crippen molar-refractivity contribution in [1.82, 2.24) is 15.6 Å². The Bertz CT molecular complexity index is 642. The van der Waals surface area contributed by atoms with Gasteiger partial charge in [0.2, 0.25) is 0 Å². The molecule has 0 saturated carbocycles. The maximum atomic E-state index is 11.9. The summed E-state index contributed by atoms with van der Waals surface area (Å²) in [5.74, 6) is 0.342. The van der Waals surface area contributed by atoms with E-state index < -0.39 is 0 Å². The van der Waals surface area contributed by atoms with Gasteiger partial charge in [-0.05, 0) is 42.8 Å². The molecule has 0 fully saturated rings. The molecule has 0 bridgehead atoms. The van der Waals surface area contributed by atoms with Gasteiger partial charge in [-0.15, -0.1) is 0 Å². The number of benzene rings is 1. The molecule has 0 aliphatic rings. The molecular weight excluding hydrogens is 294 g/mol. The average Bonchev–Trinajstić information content (AvgIpc) is 2.62. The van der Waals surface area contributed by atoms with E-state index in [0.29, 0.717) is 36.5 Å². The third-order valence-electron chi connectivity index (χ3n) is 3.17. The standard InChI is InChI=1S/C17H19N3O3/c1-23-14-8-6-13(7-9-14)16(21)19-11-4-12-20-17(22)15-5-2-3-10-18-15/h2-3,5-10H,4,11-12H2,1H3,(H,19,21)(H,20,22). The molecule has 120 valence electrons. The third-order valence-corrected chi connectivity index (χ3v) is 3.17. The zero-order valence-electron chi connectivity index (χ0n) is 12.9. The number of pyridine rings is 1. The highest BCUT2D eigenvalue weighted by Crippen LogP contribution is 2.10. The Hall–Kier alpha value is -2.89. The highest BCUT2D eigenvalue weighted by molar-refractivity contribution is 5.94. The summed E-state index contributed by atoms with van der Waals surface area (Å²) in [6.45, 7) is 0.950. The molecule has 0 radical (unpaired) electrons. The number of rotatable bonds is 7. The number of amides is 2. The zero-order chi connectivity index (χ0) is 16.5. The van der Waals surface area contributed by atoms with Crippen LogP contribution in [0, 0.1) is 0 Å². The van der Waals surface area contributed by atoms with Gasteiger partial charge >= 0.3 is 0 Å². The zero-order valence-corrected chi connectivity index (χ0v) is 12.9. The van der Waals surface area contributed by atoms with Crippen LogP contribution < -0.4 is 15.4 Å². The van der Waals surface area contributed by atoms with E-state index in [1.54, 1.807) is 55.8 Å². The first kappa shape index (κ1) is 16.5. The molecule has 0 saturated heterocycles. The molecular formula is C17H19N3O3. The van der Waals surface area contributed by atoms with Crippen molar-refractivity contribution in [2.24, 2.45) is 0 Å². The van der Waals surface area contributed by atoms with Gasteiger partial charge in [0, 0.05) is 24.8 Å². The number of hydrogen-bond donors (Lipinski definition) is 2. The lowest BCUT2D eigenvalue weighted by atomic mass is 10.2. The van der Waals surface area contributed by atoms with Crippen molar-refractivity contribution >= 4 is 11.8 Å². The molecule has 6 heteroatoms. The molecule has 0 aliphatic carbocycles. The van der Waals surface area contributed by atoms with Gasteiger partial charge in [-0.25, -0.2) is 0 Å². The molecule has 0 unspecified atom stereocenters. The van der Waals surface area contributed by atoms with E-state index in [9.17, 15) is 9.59 Å². The molecule has 2 N–H and O–H groups in total. The monoisotopic (exact) mass is 313 g/mol. The minimum Gasteiger partial charge on any atom is -0.497 e. The predicted molar refractivity (Wildman–Crippen MR) is 86.5 cm³/mol. The molecule has 2 aromatic rings. The lowest BCUT2D eigenvalue weighted by Crippen LogP contribution is -2.30. The molecule has 0 atom stereocenters. The van der Waals surface area contributed by atoms with Crippen LogP contribution in [0.3, 0.4) is 0 Å². The minimum atomic E-state index is -0.216. The van der Waals surface area contributed by atoms with Crippen LogP contribution in [0.2, 0.25) is 0 Å². The molecule has 1 aromatic carbocycles. The quantitative estimate of drug-likeness (QED) is 0.762. The first-order chi connectivity index (χ1) is 11.2. The SMILES string of the molecule is COc1ccc(C(=O)NCCCNC(=O)c2ccccn2)cc1. The van der Waals surface area contributed by atoms with Gasteiger partial charge in [0.25, 0.3) is 11.8 Å². The van der Waals surface area contributed by atoms with Crippen LogP contribution in [-0.4, -0.2) is 37.0 Å². The van der Waals surface area contributed by atoms with E-state index in [1.807, 2.05) is 0 Å². The second-order valence-electron chi connectivity index (χ2n) is 4.81. The van der Waals surface area contributed by atoms with Gasteiger partial charge in [-0.1, -0.05) is 6.07 Å². The van der Waals surface area contributed by atoms with E-state index >= 15 is 0 Å². The Morgan fingerprint density at radius 3 is 2.30 bits per heavy atom. The number of carbonyl (C=O) groups excluding carboxylic acids is 2. The van der Waals surface area contributed by atoms with Gasteiger partial charge in [0.05, 0.1) is 7.11 Å². The number of carbonyl (C=O) groups is 2. The number of nitrogens with one attached hydrogen (secondary N) is 2. The van der Waals surface area contributed by atoms with Crippen molar-refractivity contribution in [3.05, 3.63) is 59.9 Å². The molecule has 23 heavy (non-hydrogen) atoms. The van der Waals surface area contributed by atoms with Gasteiger partial charge in [0.15, 0.2) is 0 Å². The van der Waals surface area contributed by atoms with E-state index in [2.05, 4.69) is 15.6 Å². The second kappa shape index (κ2) is 8.53. The summed E-state index contributed by atoms with van der Waals surface area (Å²) >= 11 is 0. The maximum Gasteiger partial charge on any atom is 0.269 e. The summed E-state index contributed by atoms with van der Waals surface area (Å²) in [5, 5.41) is 5.56. The molecule has 2 amide bonds. The van der Waals surface area contributed by atoms with Crippen LogP contribution >= 0.6 is 0 Å². The van der Waals surface area contributed by atoms with Gasteiger partial charge in [-0.2, -0.15) is 0 Å². The number of nitrogens with zero attached hydrogens (tertiary/aromatic N) is 1. The van der Waals surface area contributed by atoms with Gasteiger partial charge < -0.3 is 15.4 Å². The third kappa shape index (κ3) is 5.10. The van der Waals surface area contributed by atoms with Crippen molar-refractivity contribution in [3.8, 4) is 5.75 Å². The summed E-state index contributed by atoms with van der Waals surface area (Å²) in [6.07, 6.45) is 2.21. The number of methoxy groups -OCH3 is 1. The van der Waals surface area contributed by atoms with E-state index in [1.165, 1.54) is 0 Å². The highest BCUT2D eigenvalue weighted by atomic mass is 16.5. The maximum absolute atomic E-state index is 11.9. The Balaban J connectivity index is 1.67. The number of ether oxygens (including phenoxy) is 1. The molecule has 0 aliphatic heterocycles. The second-order valence-corrected chi connectivity index (χ2v) is 4.81. The Kier molecular flexibility index (Phi) is 6.11. The van der Waals surface area contributed by atoms with Crippen LogP contribution in [0.4, 0.5) is 0 Å². The number of aromatic nitrogens is 1. The molecule has 0 spiro atoms. The Morgan fingerprint density at radius 1 is 1.00 bits per heavy atom. The van der Waals surface area contributed by atoms with Crippen molar-refractivity contribution in [2.75, 3.05) is 20.2 Å². The first-order valence-electron chi connectivity index (χ1n) is 7.32. The smallest absolute Gasteiger partial charge is 0.269 e. The van der Waals surface area contributed by atoms with Crippen LogP contribution in [0.1, 0.15) is 27.3 Å². The summed E-state index contributed by atoms with van der Waals surface area (Å²) in [6, 6.07) is 12.1. The first-order valence-corrected chi connectivity index (χ1v) is 7.32. The lowest BCUT2D eigenvalue weighted by Gasteiger charge is -2.07. The van der Waals surface area contributed by atoms with Gasteiger partial charge in [-0.3, -0.25) is 14.6 Å². The molecule has 2 rings (SSSR count). The predicted octanol–water partition coefficient (Wildman–Crippen LogP) is 1.64. The Labute approximate surface area is 134 Å².